The minimum atomic E-state index is -0.184. The predicted octanol–water partition coefficient (Wildman–Crippen LogP) is 3.47. The van der Waals surface area contributed by atoms with Gasteiger partial charge in [0.15, 0.2) is 0 Å². The van der Waals surface area contributed by atoms with Gasteiger partial charge in [0.2, 0.25) is 0 Å². The van der Waals surface area contributed by atoms with Crippen LogP contribution in [0.5, 0.6) is 0 Å². The number of nitrogens with one attached hydrogen (secondary N) is 1. The maximum Gasteiger partial charge on any atom is 0.103 e. The molecule has 3 atom stereocenters. The Morgan fingerprint density at radius 1 is 1.21 bits per heavy atom. The number of hydrogen-bond donors (Lipinski definition) is 1. The number of morpholine rings is 1. The fraction of sp³-hybridized carbons (Fsp3) is 0.647. The zero-order valence-electron chi connectivity index (χ0n) is 12.1. The van der Waals surface area contributed by atoms with E-state index in [-0.39, 0.29) is 11.2 Å². The van der Waals surface area contributed by atoms with Crippen LogP contribution < -0.4 is 5.32 Å². The molecule has 1 spiro atoms. The zero-order valence-corrected chi connectivity index (χ0v) is 12.1. The fourth-order valence-corrected chi connectivity index (χ4v) is 3.90. The second kappa shape index (κ2) is 4.92. The Bertz CT molecular complexity index is 428. The number of ether oxygens (including phenoxy) is 1. The quantitative estimate of drug-likeness (QED) is 0.834. The van der Waals surface area contributed by atoms with Crippen LogP contribution in [0.25, 0.3) is 0 Å². The van der Waals surface area contributed by atoms with Gasteiger partial charge in [0.25, 0.3) is 0 Å². The van der Waals surface area contributed by atoms with Crippen LogP contribution in [0, 0.1) is 5.92 Å². The summed E-state index contributed by atoms with van der Waals surface area (Å²) < 4.78 is 6.70. The molecule has 1 aliphatic carbocycles. The third-order valence-electron chi connectivity index (χ3n) is 4.79. The highest BCUT2D eigenvalue weighted by atomic mass is 16.5. The summed E-state index contributed by atoms with van der Waals surface area (Å²) in [6.45, 7) is 6.52. The molecule has 2 fully saturated rings. The van der Waals surface area contributed by atoms with E-state index in [0.29, 0.717) is 0 Å². The molecular formula is C17H25NO. The van der Waals surface area contributed by atoms with Gasteiger partial charge in [0.05, 0.1) is 5.60 Å². The average Bonchev–Trinajstić information content (AvgIpc) is 2.39. The Hall–Kier alpha value is -0.860. The predicted molar refractivity (Wildman–Crippen MR) is 78.1 cm³/mol. The van der Waals surface area contributed by atoms with E-state index < -0.39 is 0 Å². The van der Waals surface area contributed by atoms with E-state index in [9.17, 15) is 0 Å². The lowest BCUT2D eigenvalue weighted by molar-refractivity contribution is -0.194. The van der Waals surface area contributed by atoms with Gasteiger partial charge < -0.3 is 10.1 Å². The van der Waals surface area contributed by atoms with Gasteiger partial charge in [-0.25, -0.2) is 0 Å². The van der Waals surface area contributed by atoms with Crippen molar-refractivity contribution in [2.45, 2.75) is 50.7 Å². The molecule has 2 nitrogen and oxygen atoms in total. The van der Waals surface area contributed by atoms with Crippen molar-refractivity contribution in [3.63, 3.8) is 0 Å². The average molecular weight is 259 g/mol. The molecule has 2 heteroatoms. The van der Waals surface area contributed by atoms with Crippen LogP contribution in [0.3, 0.4) is 0 Å². The molecular weight excluding hydrogens is 234 g/mol. The Labute approximate surface area is 116 Å². The van der Waals surface area contributed by atoms with Crippen molar-refractivity contribution < 1.29 is 4.74 Å². The smallest absolute Gasteiger partial charge is 0.103 e. The molecule has 19 heavy (non-hydrogen) atoms. The van der Waals surface area contributed by atoms with Crippen LogP contribution in [-0.2, 0) is 10.3 Å². The van der Waals surface area contributed by atoms with Gasteiger partial charge in [-0.05, 0) is 31.2 Å². The lowest BCUT2D eigenvalue weighted by Crippen LogP contribution is -2.59. The van der Waals surface area contributed by atoms with Crippen molar-refractivity contribution in [2.75, 3.05) is 13.1 Å². The fourth-order valence-electron chi connectivity index (χ4n) is 3.90. The van der Waals surface area contributed by atoms with Crippen LogP contribution in [0.1, 0.15) is 45.1 Å². The first-order valence-electron chi connectivity index (χ1n) is 7.58. The van der Waals surface area contributed by atoms with Crippen molar-refractivity contribution in [1.29, 1.82) is 0 Å². The molecule has 0 bridgehead atoms. The molecule has 0 radical (unpaired) electrons. The molecule has 0 amide bonds. The van der Waals surface area contributed by atoms with Crippen LogP contribution in [0.15, 0.2) is 30.3 Å². The first-order chi connectivity index (χ1) is 9.12. The first-order valence-corrected chi connectivity index (χ1v) is 7.58. The van der Waals surface area contributed by atoms with Crippen LogP contribution in [0.4, 0.5) is 0 Å². The van der Waals surface area contributed by atoms with Crippen LogP contribution in [-0.4, -0.2) is 18.7 Å². The van der Waals surface area contributed by atoms with Gasteiger partial charge in [-0.2, -0.15) is 0 Å². The summed E-state index contributed by atoms with van der Waals surface area (Å²) in [4.78, 5) is 0. The summed E-state index contributed by atoms with van der Waals surface area (Å²) in [5, 5.41) is 3.63. The van der Waals surface area contributed by atoms with Gasteiger partial charge in [-0.3, -0.25) is 0 Å². The lowest BCUT2D eigenvalue weighted by atomic mass is 9.76. The normalized spacial score (nSPS) is 39.4. The minimum Gasteiger partial charge on any atom is -0.361 e. The number of benzene rings is 1. The molecule has 3 unspecified atom stereocenters. The third-order valence-corrected chi connectivity index (χ3v) is 4.79. The lowest BCUT2D eigenvalue weighted by Gasteiger charge is -2.50. The summed E-state index contributed by atoms with van der Waals surface area (Å²) in [7, 11) is 0. The summed E-state index contributed by atoms with van der Waals surface area (Å²) >= 11 is 0. The highest BCUT2D eigenvalue weighted by Gasteiger charge is 2.45. The molecule has 1 saturated carbocycles. The molecule has 1 aromatic rings. The summed E-state index contributed by atoms with van der Waals surface area (Å²) in [6, 6.07) is 10.7. The van der Waals surface area contributed by atoms with E-state index in [1.165, 1.54) is 31.2 Å². The monoisotopic (exact) mass is 259 g/mol. The van der Waals surface area contributed by atoms with E-state index in [0.717, 1.165) is 19.0 Å². The van der Waals surface area contributed by atoms with Gasteiger partial charge in [-0.1, -0.05) is 50.1 Å². The molecule has 104 valence electrons. The SMILES string of the molecule is CC1CCCC2(CNCC(C)(c3ccccc3)O2)C1. The van der Waals surface area contributed by atoms with Gasteiger partial charge in [-0.15, -0.1) is 0 Å². The van der Waals surface area contributed by atoms with Crippen LogP contribution >= 0.6 is 0 Å². The minimum absolute atomic E-state index is 0.0561. The van der Waals surface area contributed by atoms with E-state index in [2.05, 4.69) is 49.5 Å². The molecule has 1 saturated heterocycles. The molecule has 1 N–H and O–H groups in total. The van der Waals surface area contributed by atoms with Crippen molar-refractivity contribution in [3.8, 4) is 0 Å². The van der Waals surface area contributed by atoms with Crippen molar-refractivity contribution in [1.82, 2.24) is 5.32 Å². The Kier molecular flexibility index (Phi) is 3.40. The summed E-state index contributed by atoms with van der Waals surface area (Å²) in [5.41, 5.74) is 1.16. The number of rotatable bonds is 1. The Morgan fingerprint density at radius 3 is 2.74 bits per heavy atom. The highest BCUT2D eigenvalue weighted by molar-refractivity contribution is 5.23. The standard InChI is InChI=1S/C17H25NO/c1-14-7-6-10-17(11-14)13-18-12-16(2,19-17)15-8-4-3-5-9-15/h3-5,8-9,14,18H,6-7,10-13H2,1-2H3. The number of hydrogen-bond acceptors (Lipinski definition) is 2. The van der Waals surface area contributed by atoms with Crippen molar-refractivity contribution in [3.05, 3.63) is 35.9 Å². The highest BCUT2D eigenvalue weighted by Crippen LogP contribution is 2.42. The Morgan fingerprint density at radius 2 is 2.00 bits per heavy atom. The molecule has 1 aliphatic heterocycles. The zero-order chi connectivity index (χ0) is 13.3. The van der Waals surface area contributed by atoms with E-state index in [4.69, 9.17) is 4.74 Å². The van der Waals surface area contributed by atoms with Gasteiger partial charge >= 0.3 is 0 Å². The van der Waals surface area contributed by atoms with Crippen molar-refractivity contribution in [2.24, 2.45) is 5.92 Å². The third kappa shape index (κ3) is 2.56. The van der Waals surface area contributed by atoms with Gasteiger partial charge in [0.1, 0.15) is 5.60 Å². The van der Waals surface area contributed by atoms with Gasteiger partial charge in [0, 0.05) is 13.1 Å². The van der Waals surface area contributed by atoms with Crippen LogP contribution in [0.2, 0.25) is 0 Å². The maximum atomic E-state index is 6.70. The van der Waals surface area contributed by atoms with E-state index >= 15 is 0 Å². The second-order valence-corrected chi connectivity index (χ2v) is 6.69. The second-order valence-electron chi connectivity index (χ2n) is 6.69. The largest absolute Gasteiger partial charge is 0.361 e. The van der Waals surface area contributed by atoms with Crippen molar-refractivity contribution >= 4 is 0 Å². The molecule has 1 aromatic carbocycles. The summed E-state index contributed by atoms with van der Waals surface area (Å²) in [5.74, 6) is 0.786. The molecule has 1 heterocycles. The molecule has 0 aromatic heterocycles. The molecule has 3 rings (SSSR count). The van der Waals surface area contributed by atoms with E-state index in [1.807, 2.05) is 0 Å². The molecule has 2 aliphatic rings. The maximum absolute atomic E-state index is 6.70. The Balaban J connectivity index is 1.84. The topological polar surface area (TPSA) is 21.3 Å². The summed E-state index contributed by atoms with van der Waals surface area (Å²) in [6.07, 6.45) is 5.05. The first kappa shape index (κ1) is 13.1. The van der Waals surface area contributed by atoms with E-state index in [1.54, 1.807) is 0 Å².